The second-order valence-electron chi connectivity index (χ2n) is 5.41. The van der Waals surface area contributed by atoms with E-state index >= 15 is 0 Å². The van der Waals surface area contributed by atoms with Gasteiger partial charge in [0, 0.05) is 6.54 Å². The van der Waals surface area contributed by atoms with Crippen LogP contribution in [0.2, 0.25) is 0 Å². The number of aliphatic carboxylic acids is 1. The van der Waals surface area contributed by atoms with Crippen LogP contribution in [0.5, 0.6) is 0 Å². The third-order valence-electron chi connectivity index (χ3n) is 3.54. The average Bonchev–Trinajstić information content (AvgIpc) is 2.26. The summed E-state index contributed by atoms with van der Waals surface area (Å²) in [4.78, 5) is 34.2. The normalized spacial score (nSPS) is 26.4. The van der Waals surface area contributed by atoms with Crippen molar-refractivity contribution >= 4 is 17.8 Å². The highest BCUT2D eigenvalue weighted by atomic mass is 16.4. The Hall–Kier alpha value is -1.67. The molecular formula is C12H21N3O5. The maximum Gasteiger partial charge on any atom is 0.306 e. The zero-order valence-electron chi connectivity index (χ0n) is 11.2. The fourth-order valence-corrected chi connectivity index (χ4v) is 2.58. The van der Waals surface area contributed by atoms with E-state index in [2.05, 4.69) is 0 Å². The Morgan fingerprint density at radius 1 is 1.10 bits per heavy atom. The molecule has 20 heavy (non-hydrogen) atoms. The number of carbonyl (C=O) groups excluding carboxylic acids is 2. The van der Waals surface area contributed by atoms with Gasteiger partial charge in [-0.1, -0.05) is 0 Å². The van der Waals surface area contributed by atoms with Gasteiger partial charge < -0.3 is 21.7 Å². The standard InChI is InChI=1S/C12H21N3O5/c13-9(16)5-15(6-10(14)17)7-12(20)3-1-8(2-4-12)11(18)19/h8,20H,1-7H2,(H2,13,16)(H2,14,17)(H,18,19). The van der Waals surface area contributed by atoms with Crippen LogP contribution in [0.25, 0.3) is 0 Å². The Bertz CT molecular complexity index is 375. The van der Waals surface area contributed by atoms with Gasteiger partial charge in [-0.3, -0.25) is 19.3 Å². The smallest absolute Gasteiger partial charge is 0.306 e. The average molecular weight is 287 g/mol. The Labute approximate surface area is 116 Å². The van der Waals surface area contributed by atoms with Crippen LogP contribution < -0.4 is 11.5 Å². The highest BCUT2D eigenvalue weighted by molar-refractivity contribution is 5.79. The predicted octanol–water partition coefficient (Wildman–Crippen LogP) is -1.74. The van der Waals surface area contributed by atoms with E-state index in [9.17, 15) is 19.5 Å². The second-order valence-corrected chi connectivity index (χ2v) is 5.41. The molecule has 8 nitrogen and oxygen atoms in total. The Morgan fingerprint density at radius 3 is 1.90 bits per heavy atom. The molecule has 2 amide bonds. The molecule has 1 rings (SSSR count). The van der Waals surface area contributed by atoms with Gasteiger partial charge in [0.05, 0.1) is 24.6 Å². The van der Waals surface area contributed by atoms with Crippen molar-refractivity contribution in [2.24, 2.45) is 17.4 Å². The van der Waals surface area contributed by atoms with Gasteiger partial charge in [-0.2, -0.15) is 0 Å². The molecule has 0 aromatic heterocycles. The number of primary amides is 2. The Kier molecular flexibility index (Phi) is 5.46. The number of nitrogens with zero attached hydrogens (tertiary/aromatic N) is 1. The number of carboxylic acid groups (broad SMARTS) is 1. The molecule has 0 atom stereocenters. The Balaban J connectivity index is 2.60. The molecule has 8 heteroatoms. The third kappa shape index (κ3) is 5.14. The summed E-state index contributed by atoms with van der Waals surface area (Å²) < 4.78 is 0. The summed E-state index contributed by atoms with van der Waals surface area (Å²) in [5, 5.41) is 19.3. The molecule has 0 radical (unpaired) electrons. The molecule has 1 saturated carbocycles. The van der Waals surface area contributed by atoms with Gasteiger partial charge in [0.1, 0.15) is 0 Å². The van der Waals surface area contributed by atoms with Crippen LogP contribution in [0.1, 0.15) is 25.7 Å². The van der Waals surface area contributed by atoms with Crippen molar-refractivity contribution in [3.05, 3.63) is 0 Å². The number of amides is 2. The van der Waals surface area contributed by atoms with Gasteiger partial charge >= 0.3 is 5.97 Å². The fourth-order valence-electron chi connectivity index (χ4n) is 2.58. The number of hydrogen-bond donors (Lipinski definition) is 4. The van der Waals surface area contributed by atoms with E-state index in [1.165, 1.54) is 4.90 Å². The fraction of sp³-hybridized carbons (Fsp3) is 0.750. The van der Waals surface area contributed by atoms with E-state index in [0.29, 0.717) is 25.7 Å². The van der Waals surface area contributed by atoms with Crippen molar-refractivity contribution < 1.29 is 24.6 Å². The number of nitrogens with two attached hydrogens (primary N) is 2. The molecule has 0 spiro atoms. The van der Waals surface area contributed by atoms with Crippen LogP contribution in [0.4, 0.5) is 0 Å². The molecule has 0 unspecified atom stereocenters. The van der Waals surface area contributed by atoms with Crippen molar-refractivity contribution in [3.8, 4) is 0 Å². The minimum absolute atomic E-state index is 0.0746. The maximum absolute atomic E-state index is 10.9. The van der Waals surface area contributed by atoms with Crippen molar-refractivity contribution in [3.63, 3.8) is 0 Å². The van der Waals surface area contributed by atoms with Crippen LogP contribution in [0.15, 0.2) is 0 Å². The van der Waals surface area contributed by atoms with Gasteiger partial charge in [0.15, 0.2) is 0 Å². The first-order valence-electron chi connectivity index (χ1n) is 6.46. The van der Waals surface area contributed by atoms with Gasteiger partial charge in [-0.25, -0.2) is 0 Å². The Morgan fingerprint density at radius 2 is 1.55 bits per heavy atom. The van der Waals surface area contributed by atoms with Crippen LogP contribution in [0, 0.1) is 5.92 Å². The SMILES string of the molecule is NC(=O)CN(CC(N)=O)CC1(O)CCC(C(=O)O)CC1. The van der Waals surface area contributed by atoms with Crippen molar-refractivity contribution in [1.29, 1.82) is 0 Å². The van der Waals surface area contributed by atoms with Crippen LogP contribution in [0.3, 0.4) is 0 Å². The first-order valence-corrected chi connectivity index (χ1v) is 6.46. The predicted molar refractivity (Wildman–Crippen MR) is 69.4 cm³/mol. The summed E-state index contributed by atoms with van der Waals surface area (Å²) in [6.07, 6.45) is 1.34. The van der Waals surface area contributed by atoms with Crippen LogP contribution in [-0.4, -0.2) is 58.1 Å². The molecule has 0 aromatic rings. The largest absolute Gasteiger partial charge is 0.481 e. The first kappa shape index (κ1) is 16.4. The number of hydrogen-bond acceptors (Lipinski definition) is 5. The number of carboxylic acids is 1. The van der Waals surface area contributed by atoms with Gasteiger partial charge in [-0.05, 0) is 25.7 Å². The first-order chi connectivity index (χ1) is 9.22. The number of aliphatic hydroxyl groups is 1. The van der Waals surface area contributed by atoms with Crippen LogP contribution >= 0.6 is 0 Å². The molecule has 1 aliphatic carbocycles. The highest BCUT2D eigenvalue weighted by Crippen LogP contribution is 2.32. The van der Waals surface area contributed by atoms with E-state index in [-0.39, 0.29) is 19.6 Å². The zero-order chi connectivity index (χ0) is 15.3. The summed E-state index contributed by atoms with van der Waals surface area (Å²) in [6, 6.07) is 0. The summed E-state index contributed by atoms with van der Waals surface area (Å²) in [6.45, 7) is -0.271. The molecule has 0 bridgehead atoms. The molecule has 1 aliphatic rings. The van der Waals surface area contributed by atoms with E-state index < -0.39 is 29.3 Å². The molecule has 0 aliphatic heterocycles. The summed E-state index contributed by atoms with van der Waals surface area (Å²) in [7, 11) is 0. The van der Waals surface area contributed by atoms with E-state index in [0.717, 1.165) is 0 Å². The molecule has 0 aromatic carbocycles. The molecule has 114 valence electrons. The second kappa shape index (κ2) is 6.67. The molecule has 6 N–H and O–H groups in total. The van der Waals surface area contributed by atoms with E-state index in [1.807, 2.05) is 0 Å². The third-order valence-corrected chi connectivity index (χ3v) is 3.54. The lowest BCUT2D eigenvalue weighted by Crippen LogP contribution is -2.50. The quantitative estimate of drug-likeness (QED) is 0.437. The molecule has 0 heterocycles. The van der Waals surface area contributed by atoms with Gasteiger partial charge in [0.2, 0.25) is 11.8 Å². The molecule has 0 saturated heterocycles. The van der Waals surface area contributed by atoms with Crippen molar-refractivity contribution in [2.75, 3.05) is 19.6 Å². The van der Waals surface area contributed by atoms with Gasteiger partial charge in [0.25, 0.3) is 0 Å². The lowest BCUT2D eigenvalue weighted by Gasteiger charge is -2.38. The summed E-state index contributed by atoms with van der Waals surface area (Å²) >= 11 is 0. The topological polar surface area (TPSA) is 147 Å². The summed E-state index contributed by atoms with van der Waals surface area (Å²) in [5.74, 6) is -2.54. The molecular weight excluding hydrogens is 266 g/mol. The monoisotopic (exact) mass is 287 g/mol. The van der Waals surface area contributed by atoms with E-state index in [4.69, 9.17) is 16.6 Å². The number of rotatable bonds is 7. The maximum atomic E-state index is 10.9. The highest BCUT2D eigenvalue weighted by Gasteiger charge is 2.37. The minimum atomic E-state index is -1.11. The number of carbonyl (C=O) groups is 3. The lowest BCUT2D eigenvalue weighted by molar-refractivity contribution is -0.145. The van der Waals surface area contributed by atoms with Gasteiger partial charge in [-0.15, -0.1) is 0 Å². The van der Waals surface area contributed by atoms with Crippen molar-refractivity contribution in [1.82, 2.24) is 4.90 Å². The summed E-state index contributed by atoms with van der Waals surface area (Å²) in [5.41, 5.74) is 9.06. The lowest BCUT2D eigenvalue weighted by atomic mass is 9.78. The van der Waals surface area contributed by atoms with Crippen LogP contribution in [-0.2, 0) is 14.4 Å². The minimum Gasteiger partial charge on any atom is -0.481 e. The van der Waals surface area contributed by atoms with Crippen molar-refractivity contribution in [2.45, 2.75) is 31.3 Å². The zero-order valence-corrected chi connectivity index (χ0v) is 11.2. The molecule has 1 fully saturated rings. The van der Waals surface area contributed by atoms with E-state index in [1.54, 1.807) is 0 Å².